The second kappa shape index (κ2) is 8.97. The Hall–Kier alpha value is 0.399. The van der Waals surface area contributed by atoms with Gasteiger partial charge in [0.2, 0.25) is 0 Å². The summed E-state index contributed by atoms with van der Waals surface area (Å²) in [5.74, 6) is 1.81. The molecule has 0 aliphatic carbocycles. The fraction of sp³-hybridized carbons (Fsp3) is 1.00. The summed E-state index contributed by atoms with van der Waals surface area (Å²) in [4.78, 5) is 0. The van der Waals surface area contributed by atoms with Crippen LogP contribution in [0.2, 0.25) is 5.82 Å². The van der Waals surface area contributed by atoms with E-state index >= 15 is 0 Å². The molecule has 3 N–H and O–H groups in total. The third-order valence-corrected chi connectivity index (χ3v) is 2.02. The van der Waals surface area contributed by atoms with Gasteiger partial charge in [-0.2, -0.15) is 0 Å². The first-order valence-corrected chi connectivity index (χ1v) is 6.02. The van der Waals surface area contributed by atoms with Crippen LogP contribution in [0, 0.1) is 0 Å². The number of hydrogen-bond donors (Lipinski definition) is 3. The van der Waals surface area contributed by atoms with Gasteiger partial charge in [0.15, 0.2) is 0 Å². The Labute approximate surface area is 90.2 Å². The van der Waals surface area contributed by atoms with Crippen LogP contribution in [0.3, 0.4) is 0 Å². The van der Waals surface area contributed by atoms with Crippen LogP contribution in [0.15, 0.2) is 0 Å². The molecule has 1 fully saturated rings. The zero-order chi connectivity index (χ0) is 10.1. The van der Waals surface area contributed by atoms with Crippen molar-refractivity contribution in [2.24, 2.45) is 0 Å². The molecule has 0 saturated carbocycles. The zero-order valence-electron chi connectivity index (χ0n) is 8.86. The van der Waals surface area contributed by atoms with E-state index in [0.717, 1.165) is 26.2 Å². The molecule has 1 rings (SSSR count). The van der Waals surface area contributed by atoms with Crippen molar-refractivity contribution in [3.05, 3.63) is 0 Å². The standard InChI is InChI=1S/C8H19N3.CH3.Mn/c1-7-5-9-3-4-10-8(2)6-11-7;;/h7-11H,3-6H2,1-2H3;1H3;. The molecule has 80 valence electrons. The monoisotopic (exact) mass is 227 g/mol. The summed E-state index contributed by atoms with van der Waals surface area (Å²) in [6, 6.07) is 1.19. The predicted molar refractivity (Wildman–Crippen MR) is 53.7 cm³/mol. The Morgan fingerprint density at radius 2 is 1.54 bits per heavy atom. The second-order valence-electron chi connectivity index (χ2n) is 3.37. The molecule has 0 radical (unpaired) electrons. The second-order valence-corrected chi connectivity index (χ2v) is 3.37. The van der Waals surface area contributed by atoms with E-state index in [1.54, 1.807) is 0 Å². The van der Waals surface area contributed by atoms with Crippen LogP contribution in [0.5, 0.6) is 0 Å². The number of hydrogen-bond acceptors (Lipinski definition) is 3. The van der Waals surface area contributed by atoms with Crippen LogP contribution in [-0.2, 0) is 16.0 Å². The van der Waals surface area contributed by atoms with Gasteiger partial charge < -0.3 is 16.0 Å². The van der Waals surface area contributed by atoms with Crippen molar-refractivity contribution < 1.29 is 16.0 Å². The van der Waals surface area contributed by atoms with Crippen LogP contribution >= 0.6 is 0 Å². The minimum atomic E-state index is 0.595. The molecular weight excluding hydrogens is 205 g/mol. The molecule has 2 unspecified atom stereocenters. The molecule has 4 heteroatoms. The molecule has 1 aliphatic rings. The molecule has 13 heavy (non-hydrogen) atoms. The molecule has 2 atom stereocenters. The molecule has 1 heterocycles. The van der Waals surface area contributed by atoms with Crippen LogP contribution < -0.4 is 16.0 Å². The maximum absolute atomic E-state index is 3.45. The van der Waals surface area contributed by atoms with Gasteiger partial charge >= 0.3 is 21.8 Å². The van der Waals surface area contributed by atoms with Crippen LogP contribution in [-0.4, -0.2) is 38.3 Å². The van der Waals surface area contributed by atoms with E-state index in [0.29, 0.717) is 12.1 Å². The van der Waals surface area contributed by atoms with Gasteiger partial charge in [-0.1, -0.05) is 0 Å². The van der Waals surface area contributed by atoms with Crippen molar-refractivity contribution in [3.8, 4) is 0 Å². The van der Waals surface area contributed by atoms with Crippen molar-refractivity contribution >= 4 is 0 Å². The molecule has 0 bridgehead atoms. The van der Waals surface area contributed by atoms with E-state index in [1.165, 1.54) is 0 Å². The summed E-state index contributed by atoms with van der Waals surface area (Å²) in [5, 5.41) is 10.2. The Bertz CT molecular complexity index is 99.0. The van der Waals surface area contributed by atoms with Gasteiger partial charge in [-0.3, -0.25) is 0 Å². The Kier molecular flexibility index (Phi) is 9.25. The van der Waals surface area contributed by atoms with Crippen molar-refractivity contribution in [1.29, 1.82) is 0 Å². The molecule has 0 spiro atoms. The maximum atomic E-state index is 3.45. The van der Waals surface area contributed by atoms with E-state index in [9.17, 15) is 0 Å². The third-order valence-electron chi connectivity index (χ3n) is 2.02. The summed E-state index contributed by atoms with van der Waals surface area (Å²) in [6.45, 7) is 8.74. The van der Waals surface area contributed by atoms with E-state index in [2.05, 4.69) is 45.8 Å². The Balaban J connectivity index is 0.000000671. The summed E-state index contributed by atoms with van der Waals surface area (Å²) < 4.78 is 0. The van der Waals surface area contributed by atoms with E-state index in [-0.39, 0.29) is 0 Å². The zero-order valence-corrected chi connectivity index (χ0v) is 10.0. The predicted octanol–water partition coefficient (Wildman–Crippen LogP) is 0.127. The fourth-order valence-electron chi connectivity index (χ4n) is 1.25. The topological polar surface area (TPSA) is 36.1 Å². The molecule has 1 saturated heterocycles. The number of rotatable bonds is 0. The average Bonchev–Trinajstić information content (AvgIpc) is 2.24. The van der Waals surface area contributed by atoms with Crippen molar-refractivity contribution in [1.82, 2.24) is 16.0 Å². The van der Waals surface area contributed by atoms with Gasteiger partial charge in [0, 0.05) is 38.3 Å². The van der Waals surface area contributed by atoms with Gasteiger partial charge in [0.05, 0.1) is 0 Å². The first-order chi connectivity index (χ1) is 6.29. The molecular formula is C9H22MnN3. The fourth-order valence-corrected chi connectivity index (χ4v) is 1.25. The van der Waals surface area contributed by atoms with Crippen LogP contribution in [0.25, 0.3) is 0 Å². The summed E-state index contributed by atoms with van der Waals surface area (Å²) in [5.41, 5.74) is 0. The van der Waals surface area contributed by atoms with E-state index < -0.39 is 0 Å². The van der Waals surface area contributed by atoms with Crippen molar-refractivity contribution in [3.63, 3.8) is 0 Å². The van der Waals surface area contributed by atoms with Crippen molar-refractivity contribution in [2.75, 3.05) is 26.2 Å². The SMILES string of the molecule is CC1CNCCNC(C)CN1.[CH3][Mn]. The van der Waals surface area contributed by atoms with Crippen LogP contribution in [0.1, 0.15) is 13.8 Å². The molecule has 1 aliphatic heterocycles. The van der Waals surface area contributed by atoms with Gasteiger partial charge in [-0.15, -0.1) is 0 Å². The summed E-state index contributed by atoms with van der Waals surface area (Å²) >= 11 is 2.94. The molecule has 0 aromatic heterocycles. The normalized spacial score (nSPS) is 30.5. The number of nitrogens with one attached hydrogen (secondary N) is 3. The van der Waals surface area contributed by atoms with Crippen LogP contribution in [0.4, 0.5) is 0 Å². The minimum absolute atomic E-state index is 0.595. The Morgan fingerprint density at radius 3 is 2.23 bits per heavy atom. The quantitative estimate of drug-likeness (QED) is 0.515. The van der Waals surface area contributed by atoms with E-state index in [1.807, 2.05) is 5.82 Å². The van der Waals surface area contributed by atoms with Gasteiger partial charge in [0.25, 0.3) is 0 Å². The van der Waals surface area contributed by atoms with Gasteiger partial charge in [-0.25, -0.2) is 0 Å². The Morgan fingerprint density at radius 1 is 0.923 bits per heavy atom. The summed E-state index contributed by atoms with van der Waals surface area (Å²) in [7, 11) is 0. The average molecular weight is 227 g/mol. The molecule has 0 aromatic rings. The molecule has 0 aromatic carbocycles. The first kappa shape index (κ1) is 13.4. The van der Waals surface area contributed by atoms with Gasteiger partial charge in [-0.05, 0) is 13.8 Å². The molecule has 3 nitrogen and oxygen atoms in total. The first-order valence-electron chi connectivity index (χ1n) is 4.84. The third kappa shape index (κ3) is 7.47. The van der Waals surface area contributed by atoms with E-state index in [4.69, 9.17) is 0 Å². The molecule has 0 amide bonds. The summed E-state index contributed by atoms with van der Waals surface area (Å²) in [6.07, 6.45) is 0. The van der Waals surface area contributed by atoms with Crippen molar-refractivity contribution in [2.45, 2.75) is 31.8 Å². The van der Waals surface area contributed by atoms with Gasteiger partial charge in [0.1, 0.15) is 0 Å².